The second-order valence-corrected chi connectivity index (χ2v) is 12.9. The van der Waals surface area contributed by atoms with Crippen molar-refractivity contribution in [2.24, 2.45) is 0 Å². The largest absolute Gasteiger partial charge is 0.414 e. The average molecular weight is 377 g/mol. The van der Waals surface area contributed by atoms with Crippen LogP contribution in [0.15, 0.2) is 48.6 Å². The summed E-state index contributed by atoms with van der Waals surface area (Å²) in [6.07, 6.45) is 5.92. The summed E-state index contributed by atoms with van der Waals surface area (Å²) in [6, 6.07) is 10.1. The minimum absolute atomic E-state index is 0.126. The van der Waals surface area contributed by atoms with Crippen molar-refractivity contribution in [3.63, 3.8) is 0 Å². The Bertz CT molecular complexity index is 604. The summed E-state index contributed by atoms with van der Waals surface area (Å²) in [7, 11) is -1.88. The summed E-state index contributed by atoms with van der Waals surface area (Å²) in [5, 5.41) is 10.3. The van der Waals surface area contributed by atoms with Crippen LogP contribution in [0.5, 0.6) is 0 Å². The molecule has 0 aliphatic carbocycles. The molecule has 0 fully saturated rings. The van der Waals surface area contributed by atoms with Crippen LogP contribution in [0.2, 0.25) is 18.1 Å². The molecule has 1 N–H and O–H groups in total. The fraction of sp³-hybridized carbons (Fsp3) is 0.524. The number of ether oxygens (including phenoxy) is 2. The first-order chi connectivity index (χ1) is 12.2. The summed E-state index contributed by atoms with van der Waals surface area (Å²) in [5.74, 6) is 0. The fourth-order valence-corrected chi connectivity index (χ4v) is 3.28. The lowest BCUT2D eigenvalue weighted by Gasteiger charge is -2.38. The molecule has 3 atom stereocenters. The summed E-state index contributed by atoms with van der Waals surface area (Å²) in [4.78, 5) is 0. The minimum atomic E-state index is -1.88. The van der Waals surface area contributed by atoms with Gasteiger partial charge < -0.3 is 19.0 Å². The first kappa shape index (κ1) is 21.1. The summed E-state index contributed by atoms with van der Waals surface area (Å²) >= 11 is 0. The van der Waals surface area contributed by atoms with Gasteiger partial charge in [0.05, 0.1) is 13.2 Å². The van der Waals surface area contributed by atoms with Crippen LogP contribution < -0.4 is 0 Å². The van der Waals surface area contributed by atoms with Gasteiger partial charge in [0.1, 0.15) is 12.2 Å². The maximum absolute atomic E-state index is 10.2. The molecule has 0 unspecified atom stereocenters. The van der Waals surface area contributed by atoms with E-state index in [0.717, 1.165) is 5.56 Å². The topological polar surface area (TPSA) is 47.9 Å². The maximum atomic E-state index is 10.2. The molecule has 1 aromatic rings. The molecule has 1 aliphatic rings. The summed E-state index contributed by atoms with van der Waals surface area (Å²) < 4.78 is 17.8. The highest BCUT2D eigenvalue weighted by atomic mass is 28.4. The highest BCUT2D eigenvalue weighted by molar-refractivity contribution is 6.74. The third kappa shape index (κ3) is 6.18. The van der Waals surface area contributed by atoms with Gasteiger partial charge in [0.2, 0.25) is 0 Å². The molecule has 26 heavy (non-hydrogen) atoms. The van der Waals surface area contributed by atoms with E-state index in [0.29, 0.717) is 13.2 Å². The van der Waals surface area contributed by atoms with Crippen LogP contribution in [0.3, 0.4) is 0 Å². The average Bonchev–Trinajstić information content (AvgIpc) is 2.59. The lowest BCUT2D eigenvalue weighted by Crippen LogP contribution is -2.46. The van der Waals surface area contributed by atoms with Crippen molar-refractivity contribution in [3.05, 3.63) is 54.1 Å². The Morgan fingerprint density at radius 2 is 1.85 bits per heavy atom. The third-order valence-corrected chi connectivity index (χ3v) is 9.54. The second kappa shape index (κ2) is 9.11. The molecule has 5 heteroatoms. The zero-order valence-electron chi connectivity index (χ0n) is 16.5. The molecule has 1 aliphatic heterocycles. The molecule has 0 radical (unpaired) electrons. The van der Waals surface area contributed by atoms with Crippen LogP contribution in [-0.2, 0) is 13.9 Å². The van der Waals surface area contributed by atoms with Crippen molar-refractivity contribution in [1.29, 1.82) is 0 Å². The zero-order valence-corrected chi connectivity index (χ0v) is 17.5. The van der Waals surface area contributed by atoms with Crippen LogP contribution in [0, 0.1) is 0 Å². The lowest BCUT2D eigenvalue weighted by atomic mass is 10.1. The van der Waals surface area contributed by atoms with Crippen LogP contribution >= 0.6 is 0 Å². The van der Waals surface area contributed by atoms with Gasteiger partial charge in [-0.2, -0.15) is 0 Å². The second-order valence-electron chi connectivity index (χ2n) is 8.14. The monoisotopic (exact) mass is 376 g/mol. The van der Waals surface area contributed by atoms with E-state index in [1.165, 1.54) is 0 Å². The minimum Gasteiger partial charge on any atom is -0.414 e. The van der Waals surface area contributed by atoms with Crippen LogP contribution in [0.1, 0.15) is 26.3 Å². The van der Waals surface area contributed by atoms with Crippen LogP contribution in [0.4, 0.5) is 0 Å². The smallest absolute Gasteiger partial charge is 0.192 e. The highest BCUT2D eigenvalue weighted by Gasteiger charge is 2.38. The number of benzene rings is 1. The van der Waals surface area contributed by atoms with E-state index in [1.54, 1.807) is 12.2 Å². The van der Waals surface area contributed by atoms with E-state index in [9.17, 15) is 5.11 Å². The number of hydrogen-bond donors (Lipinski definition) is 1. The van der Waals surface area contributed by atoms with E-state index < -0.39 is 26.8 Å². The number of aliphatic hydroxyl groups is 1. The first-order valence-corrected chi connectivity index (χ1v) is 12.1. The molecule has 1 aromatic carbocycles. The number of rotatable bonds is 7. The van der Waals surface area contributed by atoms with Gasteiger partial charge >= 0.3 is 0 Å². The van der Waals surface area contributed by atoms with Crippen LogP contribution in [-0.4, -0.2) is 45.1 Å². The fourth-order valence-electron chi connectivity index (χ4n) is 2.27. The van der Waals surface area contributed by atoms with Gasteiger partial charge in [-0.15, -0.1) is 0 Å². The van der Waals surface area contributed by atoms with Gasteiger partial charge in [-0.25, -0.2) is 0 Å². The normalized spacial score (nSPS) is 24.3. The molecule has 0 saturated heterocycles. The lowest BCUT2D eigenvalue weighted by molar-refractivity contribution is -0.173. The molecular weight excluding hydrogens is 344 g/mol. The summed E-state index contributed by atoms with van der Waals surface area (Å²) in [5.41, 5.74) is 1.13. The van der Waals surface area contributed by atoms with Crippen molar-refractivity contribution in [2.45, 2.75) is 57.4 Å². The van der Waals surface area contributed by atoms with Gasteiger partial charge in [-0.1, -0.05) is 69.3 Å². The molecule has 0 bridgehead atoms. The predicted molar refractivity (Wildman–Crippen MR) is 108 cm³/mol. The van der Waals surface area contributed by atoms with E-state index in [1.807, 2.05) is 42.5 Å². The molecule has 2 rings (SSSR count). The summed E-state index contributed by atoms with van der Waals surface area (Å²) in [6.45, 7) is 11.8. The molecule has 0 amide bonds. The Kier molecular flexibility index (Phi) is 7.38. The molecule has 1 heterocycles. The highest BCUT2D eigenvalue weighted by Crippen LogP contribution is 2.36. The SMILES string of the molecule is CC(C)(C)[Si](C)(C)OC[C@H]1O[C@H](OC/C=C/c2ccccc2)C=C[C@@H]1O. The van der Waals surface area contributed by atoms with Crippen LogP contribution in [0.25, 0.3) is 6.08 Å². The Balaban J connectivity index is 1.81. The van der Waals surface area contributed by atoms with Gasteiger partial charge in [0, 0.05) is 0 Å². The predicted octanol–water partition coefficient (Wildman–Crippen LogP) is 4.38. The molecule has 144 valence electrons. The number of hydrogen-bond acceptors (Lipinski definition) is 4. The third-order valence-electron chi connectivity index (χ3n) is 5.04. The van der Waals surface area contributed by atoms with Crippen molar-refractivity contribution in [3.8, 4) is 0 Å². The Hall–Kier alpha value is -1.24. The van der Waals surface area contributed by atoms with Crippen molar-refractivity contribution >= 4 is 14.4 Å². The van der Waals surface area contributed by atoms with E-state index in [-0.39, 0.29) is 5.04 Å². The quantitative estimate of drug-likeness (QED) is 0.567. The van der Waals surface area contributed by atoms with Gasteiger partial charge in [0.15, 0.2) is 14.6 Å². The maximum Gasteiger partial charge on any atom is 0.192 e. The Morgan fingerprint density at radius 1 is 1.15 bits per heavy atom. The molecule has 4 nitrogen and oxygen atoms in total. The Morgan fingerprint density at radius 3 is 2.50 bits per heavy atom. The van der Waals surface area contributed by atoms with E-state index in [4.69, 9.17) is 13.9 Å². The molecule has 0 aromatic heterocycles. The van der Waals surface area contributed by atoms with Gasteiger partial charge in [-0.3, -0.25) is 0 Å². The number of aliphatic hydroxyl groups excluding tert-OH is 1. The zero-order chi connectivity index (χ0) is 19.2. The first-order valence-electron chi connectivity index (χ1n) is 9.18. The van der Waals surface area contributed by atoms with Gasteiger partial charge in [0.25, 0.3) is 0 Å². The molecule has 0 saturated carbocycles. The van der Waals surface area contributed by atoms with Crippen molar-refractivity contribution < 1.29 is 19.0 Å². The van der Waals surface area contributed by atoms with Crippen molar-refractivity contribution in [2.75, 3.05) is 13.2 Å². The molecular formula is C21H32O4Si. The molecule has 0 spiro atoms. The van der Waals surface area contributed by atoms with Crippen molar-refractivity contribution in [1.82, 2.24) is 0 Å². The van der Waals surface area contributed by atoms with Gasteiger partial charge in [-0.05, 0) is 29.8 Å². The Labute approximate surface area is 158 Å². The standard InChI is InChI=1S/C21H32O4Si/c1-21(2,3)26(4,5)24-16-19-18(22)13-14-20(25-19)23-15-9-12-17-10-7-6-8-11-17/h6-14,18-20,22H,15-16H2,1-5H3/b12-9+/t18-,19+,20-/m0/s1. The van der Waals surface area contributed by atoms with E-state index >= 15 is 0 Å². The van der Waals surface area contributed by atoms with E-state index in [2.05, 4.69) is 33.9 Å².